The molecule has 2 heterocycles. The summed E-state index contributed by atoms with van der Waals surface area (Å²) in [5.74, 6) is -0.143. The second-order valence-corrected chi connectivity index (χ2v) is 6.31. The molecule has 6 nitrogen and oxygen atoms in total. The minimum atomic E-state index is -0.937. The molecule has 2 rings (SSSR count). The number of rotatable bonds is 3. The molecule has 7 heteroatoms. The lowest BCUT2D eigenvalue weighted by Crippen LogP contribution is -2.50. The maximum atomic E-state index is 12.1. The summed E-state index contributed by atoms with van der Waals surface area (Å²) in [4.78, 5) is 24.7. The number of carboxylic acid groups (broad SMARTS) is 1. The van der Waals surface area contributed by atoms with E-state index in [1.165, 1.54) is 16.7 Å². The summed E-state index contributed by atoms with van der Waals surface area (Å²) < 4.78 is 5.36. The Morgan fingerprint density at radius 3 is 2.95 bits per heavy atom. The number of nitrogens with zero attached hydrogens (tertiary/aromatic N) is 1. The van der Waals surface area contributed by atoms with Crippen LogP contribution in [-0.2, 0) is 9.53 Å². The molecule has 3 atom stereocenters. The first-order valence-electron chi connectivity index (χ1n) is 6.58. The molecular formula is C12H20N2O4S. The van der Waals surface area contributed by atoms with Crippen LogP contribution in [0.15, 0.2) is 0 Å². The van der Waals surface area contributed by atoms with Crippen molar-refractivity contribution in [2.45, 2.75) is 31.2 Å². The van der Waals surface area contributed by atoms with Gasteiger partial charge in [0.25, 0.3) is 0 Å². The molecule has 2 aliphatic rings. The third-order valence-corrected chi connectivity index (χ3v) is 4.76. The molecule has 0 aliphatic carbocycles. The summed E-state index contributed by atoms with van der Waals surface area (Å²) in [6.45, 7) is 3.88. The first-order chi connectivity index (χ1) is 9.09. The molecule has 0 aromatic carbocycles. The molecule has 2 N–H and O–H groups in total. The Labute approximate surface area is 116 Å². The Balaban J connectivity index is 1.85. The Morgan fingerprint density at radius 2 is 2.32 bits per heavy atom. The molecule has 3 unspecified atom stereocenters. The molecule has 19 heavy (non-hydrogen) atoms. The predicted octanol–water partition coefficient (Wildman–Crippen LogP) is 0.971. The molecule has 0 spiro atoms. The van der Waals surface area contributed by atoms with E-state index >= 15 is 0 Å². The largest absolute Gasteiger partial charge is 0.480 e. The van der Waals surface area contributed by atoms with Crippen molar-refractivity contribution in [1.29, 1.82) is 0 Å². The summed E-state index contributed by atoms with van der Waals surface area (Å²) in [5.41, 5.74) is 0. The molecule has 2 amide bonds. The van der Waals surface area contributed by atoms with Crippen LogP contribution in [0.3, 0.4) is 0 Å². The summed E-state index contributed by atoms with van der Waals surface area (Å²) >= 11 is 1.49. The van der Waals surface area contributed by atoms with Crippen LogP contribution in [0, 0.1) is 5.92 Å². The number of carbonyl (C=O) groups is 2. The zero-order valence-electron chi connectivity index (χ0n) is 11.0. The van der Waals surface area contributed by atoms with E-state index in [0.717, 1.165) is 19.4 Å². The van der Waals surface area contributed by atoms with E-state index in [-0.39, 0.29) is 11.4 Å². The van der Waals surface area contributed by atoms with E-state index in [4.69, 9.17) is 9.84 Å². The number of amides is 2. The van der Waals surface area contributed by atoms with Crippen molar-refractivity contribution in [3.05, 3.63) is 0 Å². The maximum absolute atomic E-state index is 12.1. The third-order valence-electron chi connectivity index (χ3n) is 3.54. The first-order valence-corrected chi connectivity index (χ1v) is 7.62. The van der Waals surface area contributed by atoms with Crippen LogP contribution >= 0.6 is 11.8 Å². The van der Waals surface area contributed by atoms with Crippen LogP contribution < -0.4 is 5.32 Å². The van der Waals surface area contributed by atoms with Crippen molar-refractivity contribution < 1.29 is 19.4 Å². The average molecular weight is 288 g/mol. The summed E-state index contributed by atoms with van der Waals surface area (Å²) in [5, 5.41) is 11.9. The molecule has 0 radical (unpaired) electrons. The second kappa shape index (κ2) is 6.47. The van der Waals surface area contributed by atoms with Crippen molar-refractivity contribution in [2.24, 2.45) is 5.92 Å². The van der Waals surface area contributed by atoms with Gasteiger partial charge >= 0.3 is 12.0 Å². The molecule has 0 aromatic rings. The van der Waals surface area contributed by atoms with Crippen LogP contribution in [0.5, 0.6) is 0 Å². The highest BCUT2D eigenvalue weighted by molar-refractivity contribution is 8.00. The quantitative estimate of drug-likeness (QED) is 0.809. The highest BCUT2D eigenvalue weighted by Crippen LogP contribution is 2.28. The number of urea groups is 1. The van der Waals surface area contributed by atoms with Crippen LogP contribution in [0.25, 0.3) is 0 Å². The van der Waals surface area contributed by atoms with E-state index in [0.29, 0.717) is 24.8 Å². The van der Waals surface area contributed by atoms with Crippen molar-refractivity contribution >= 4 is 23.8 Å². The van der Waals surface area contributed by atoms with Crippen molar-refractivity contribution in [1.82, 2.24) is 10.2 Å². The Kier molecular flexibility index (Phi) is 4.93. The lowest BCUT2D eigenvalue weighted by Gasteiger charge is -2.27. The minimum absolute atomic E-state index is 0.0938. The highest BCUT2D eigenvalue weighted by Gasteiger charge is 2.39. The monoisotopic (exact) mass is 288 g/mol. The van der Waals surface area contributed by atoms with Crippen molar-refractivity contribution in [3.63, 3.8) is 0 Å². The Morgan fingerprint density at radius 1 is 1.53 bits per heavy atom. The maximum Gasteiger partial charge on any atom is 0.327 e. The Bertz CT molecular complexity index is 347. The van der Waals surface area contributed by atoms with E-state index in [2.05, 4.69) is 5.32 Å². The molecule has 0 aromatic heterocycles. The van der Waals surface area contributed by atoms with Gasteiger partial charge in [0.2, 0.25) is 0 Å². The lowest BCUT2D eigenvalue weighted by atomic mass is 10.0. The fourth-order valence-electron chi connectivity index (χ4n) is 2.43. The van der Waals surface area contributed by atoms with Gasteiger partial charge in [0.05, 0.1) is 12.0 Å². The number of hydrogen-bond donors (Lipinski definition) is 2. The van der Waals surface area contributed by atoms with Crippen LogP contribution in [0.4, 0.5) is 4.79 Å². The van der Waals surface area contributed by atoms with E-state index in [9.17, 15) is 9.59 Å². The summed E-state index contributed by atoms with van der Waals surface area (Å²) in [6, 6.07) is -1.00. The van der Waals surface area contributed by atoms with Gasteiger partial charge in [-0.15, -0.1) is 11.8 Å². The normalized spacial score (nSPS) is 31.2. The van der Waals surface area contributed by atoms with Gasteiger partial charge in [-0.1, -0.05) is 0 Å². The third kappa shape index (κ3) is 3.54. The first kappa shape index (κ1) is 14.5. The smallest absolute Gasteiger partial charge is 0.327 e. The van der Waals surface area contributed by atoms with Crippen LogP contribution in [-0.4, -0.2) is 58.9 Å². The zero-order valence-corrected chi connectivity index (χ0v) is 11.8. The number of aliphatic carboxylic acids is 1. The van der Waals surface area contributed by atoms with Gasteiger partial charge in [-0.25, -0.2) is 9.59 Å². The van der Waals surface area contributed by atoms with Crippen LogP contribution in [0.1, 0.15) is 19.8 Å². The van der Waals surface area contributed by atoms with Gasteiger partial charge < -0.3 is 15.2 Å². The lowest BCUT2D eigenvalue weighted by molar-refractivity contribution is -0.141. The summed E-state index contributed by atoms with van der Waals surface area (Å²) in [7, 11) is 0. The van der Waals surface area contributed by atoms with Crippen LogP contribution in [0.2, 0.25) is 0 Å². The second-order valence-electron chi connectivity index (χ2n) is 4.96. The number of carboxylic acids is 1. The minimum Gasteiger partial charge on any atom is -0.480 e. The average Bonchev–Trinajstić information content (AvgIpc) is 2.79. The molecule has 108 valence electrons. The number of nitrogens with one attached hydrogen (secondary N) is 1. The zero-order chi connectivity index (χ0) is 13.8. The van der Waals surface area contributed by atoms with Gasteiger partial charge in [0.15, 0.2) is 0 Å². The number of ether oxygens (including phenoxy) is 1. The summed E-state index contributed by atoms with van der Waals surface area (Å²) in [6.07, 6.45) is 2.07. The molecular weight excluding hydrogens is 268 g/mol. The molecule has 2 aliphatic heterocycles. The number of thioether (sulfide) groups is 1. The molecule has 0 bridgehead atoms. The fourth-order valence-corrected chi connectivity index (χ4v) is 3.60. The fraction of sp³-hybridized carbons (Fsp3) is 0.833. The highest BCUT2D eigenvalue weighted by atomic mass is 32.2. The van der Waals surface area contributed by atoms with Gasteiger partial charge in [-0.05, 0) is 25.7 Å². The van der Waals surface area contributed by atoms with E-state index in [1.807, 2.05) is 6.92 Å². The van der Waals surface area contributed by atoms with Crippen molar-refractivity contribution in [3.8, 4) is 0 Å². The van der Waals surface area contributed by atoms with Gasteiger partial charge in [-0.3, -0.25) is 4.90 Å². The van der Waals surface area contributed by atoms with Gasteiger partial charge in [-0.2, -0.15) is 0 Å². The molecule has 2 fully saturated rings. The standard InChI is InChI=1S/C12H20N2O4S/c1-8-14(10(7-19-8)11(15)16)12(17)13-5-9-3-2-4-18-6-9/h8-10H,2-7H2,1H3,(H,13,17)(H,15,16). The number of hydrogen-bond acceptors (Lipinski definition) is 4. The van der Waals surface area contributed by atoms with Gasteiger partial charge in [0.1, 0.15) is 6.04 Å². The van der Waals surface area contributed by atoms with E-state index in [1.54, 1.807) is 0 Å². The predicted molar refractivity (Wildman–Crippen MR) is 72.1 cm³/mol. The van der Waals surface area contributed by atoms with E-state index < -0.39 is 12.0 Å². The van der Waals surface area contributed by atoms with Gasteiger partial charge in [0, 0.05) is 18.9 Å². The Hall–Kier alpha value is -0.950. The SMILES string of the molecule is CC1SCC(C(=O)O)N1C(=O)NCC1CCCOC1. The molecule has 0 saturated carbocycles. The van der Waals surface area contributed by atoms with Crippen molar-refractivity contribution in [2.75, 3.05) is 25.5 Å². The molecule has 2 saturated heterocycles. The topological polar surface area (TPSA) is 78.9 Å². The number of carbonyl (C=O) groups excluding carboxylic acids is 1.